The van der Waals surface area contributed by atoms with Crippen LogP contribution < -0.4 is 5.32 Å². The Morgan fingerprint density at radius 1 is 1.50 bits per heavy atom. The quantitative estimate of drug-likeness (QED) is 0.750. The molecule has 2 unspecified atom stereocenters. The van der Waals surface area contributed by atoms with Crippen molar-refractivity contribution in [3.05, 3.63) is 0 Å². The fraction of sp³-hybridized carbons (Fsp3) is 0.923. The van der Waals surface area contributed by atoms with E-state index in [1.54, 1.807) is 0 Å². The van der Waals surface area contributed by atoms with E-state index < -0.39 is 0 Å². The molecule has 1 heterocycles. The molecule has 1 saturated heterocycles. The standard InChI is InChI=1S/C13H25N3/c1-4-8-15-13(3,10-14)11-16-9-6-7-12(16)5-2/h12,15H,4-9,11H2,1-3H3. The molecule has 3 nitrogen and oxygen atoms in total. The molecule has 1 aliphatic rings. The molecular weight excluding hydrogens is 198 g/mol. The van der Waals surface area contributed by atoms with Gasteiger partial charge in [-0.2, -0.15) is 5.26 Å². The summed E-state index contributed by atoms with van der Waals surface area (Å²) in [7, 11) is 0. The molecule has 3 heteroatoms. The summed E-state index contributed by atoms with van der Waals surface area (Å²) >= 11 is 0. The summed E-state index contributed by atoms with van der Waals surface area (Å²) in [4.78, 5) is 2.48. The highest BCUT2D eigenvalue weighted by molar-refractivity contribution is 5.06. The number of likely N-dealkylation sites (tertiary alicyclic amines) is 1. The number of nitrogens with zero attached hydrogens (tertiary/aromatic N) is 2. The largest absolute Gasteiger partial charge is 0.299 e. The predicted molar refractivity (Wildman–Crippen MR) is 67.2 cm³/mol. The van der Waals surface area contributed by atoms with E-state index in [0.29, 0.717) is 6.04 Å². The van der Waals surface area contributed by atoms with Crippen LogP contribution in [0.5, 0.6) is 0 Å². The van der Waals surface area contributed by atoms with Gasteiger partial charge in [-0.05, 0) is 45.7 Å². The molecule has 1 rings (SSSR count). The third-order valence-electron chi connectivity index (χ3n) is 3.50. The van der Waals surface area contributed by atoms with E-state index in [1.165, 1.54) is 19.3 Å². The zero-order valence-electron chi connectivity index (χ0n) is 10.9. The Kier molecular flexibility index (Phi) is 5.24. The average Bonchev–Trinajstić information content (AvgIpc) is 2.73. The first kappa shape index (κ1) is 13.5. The number of nitriles is 1. The molecule has 1 N–H and O–H groups in total. The molecule has 0 bridgehead atoms. The van der Waals surface area contributed by atoms with Crippen LogP contribution in [-0.4, -0.2) is 36.1 Å². The SMILES string of the molecule is CCCNC(C)(C#N)CN1CCCC1CC. The van der Waals surface area contributed by atoms with Crippen LogP contribution in [0, 0.1) is 11.3 Å². The Labute approximate surface area is 99.8 Å². The summed E-state index contributed by atoms with van der Waals surface area (Å²) < 4.78 is 0. The monoisotopic (exact) mass is 223 g/mol. The first-order valence-corrected chi connectivity index (χ1v) is 6.55. The number of hydrogen-bond acceptors (Lipinski definition) is 3. The van der Waals surface area contributed by atoms with Gasteiger partial charge in [-0.1, -0.05) is 13.8 Å². The summed E-state index contributed by atoms with van der Waals surface area (Å²) in [5.41, 5.74) is -0.381. The van der Waals surface area contributed by atoms with Gasteiger partial charge in [-0.3, -0.25) is 10.2 Å². The van der Waals surface area contributed by atoms with E-state index in [4.69, 9.17) is 0 Å². The van der Waals surface area contributed by atoms with Crippen LogP contribution in [-0.2, 0) is 0 Å². The lowest BCUT2D eigenvalue weighted by atomic mass is 10.0. The molecule has 2 atom stereocenters. The highest BCUT2D eigenvalue weighted by atomic mass is 15.2. The smallest absolute Gasteiger partial charge is 0.116 e. The van der Waals surface area contributed by atoms with Crippen LogP contribution in [0.15, 0.2) is 0 Å². The van der Waals surface area contributed by atoms with Crippen molar-refractivity contribution in [2.24, 2.45) is 0 Å². The first-order valence-electron chi connectivity index (χ1n) is 6.55. The van der Waals surface area contributed by atoms with Crippen molar-refractivity contribution in [1.29, 1.82) is 5.26 Å². The predicted octanol–water partition coefficient (Wildman–Crippen LogP) is 2.14. The summed E-state index contributed by atoms with van der Waals surface area (Å²) in [6.45, 7) is 9.34. The van der Waals surface area contributed by atoms with Crippen molar-refractivity contribution in [2.75, 3.05) is 19.6 Å². The van der Waals surface area contributed by atoms with Crippen LogP contribution in [0.2, 0.25) is 0 Å². The Morgan fingerprint density at radius 2 is 2.25 bits per heavy atom. The van der Waals surface area contributed by atoms with Crippen LogP contribution in [0.1, 0.15) is 46.5 Å². The van der Waals surface area contributed by atoms with Gasteiger partial charge in [-0.15, -0.1) is 0 Å². The van der Waals surface area contributed by atoms with Crippen molar-refractivity contribution in [2.45, 2.75) is 58.0 Å². The fourth-order valence-corrected chi connectivity index (χ4v) is 2.50. The Bertz CT molecular complexity index is 246. The molecular formula is C13H25N3. The van der Waals surface area contributed by atoms with E-state index in [2.05, 4.69) is 30.1 Å². The van der Waals surface area contributed by atoms with Gasteiger partial charge in [0.15, 0.2) is 0 Å². The molecule has 0 amide bonds. The fourth-order valence-electron chi connectivity index (χ4n) is 2.50. The lowest BCUT2D eigenvalue weighted by Gasteiger charge is -2.32. The minimum atomic E-state index is -0.381. The molecule has 0 saturated carbocycles. The molecule has 92 valence electrons. The summed E-state index contributed by atoms with van der Waals surface area (Å²) in [5, 5.41) is 12.7. The maximum atomic E-state index is 9.29. The normalized spacial score (nSPS) is 25.2. The molecule has 0 aromatic carbocycles. The number of hydrogen-bond donors (Lipinski definition) is 1. The van der Waals surface area contributed by atoms with Crippen molar-refractivity contribution in [1.82, 2.24) is 10.2 Å². The highest BCUT2D eigenvalue weighted by Gasteiger charge is 2.31. The van der Waals surface area contributed by atoms with Crippen LogP contribution in [0.4, 0.5) is 0 Å². The van der Waals surface area contributed by atoms with Crippen LogP contribution in [0.3, 0.4) is 0 Å². The maximum Gasteiger partial charge on any atom is 0.116 e. The van der Waals surface area contributed by atoms with Crippen LogP contribution in [0.25, 0.3) is 0 Å². The zero-order chi connectivity index (χ0) is 12.0. The van der Waals surface area contributed by atoms with E-state index in [0.717, 1.165) is 26.1 Å². The van der Waals surface area contributed by atoms with Gasteiger partial charge in [0.05, 0.1) is 6.07 Å². The second kappa shape index (κ2) is 6.22. The van der Waals surface area contributed by atoms with Crippen molar-refractivity contribution >= 4 is 0 Å². The van der Waals surface area contributed by atoms with Gasteiger partial charge in [-0.25, -0.2) is 0 Å². The Balaban J connectivity index is 2.52. The van der Waals surface area contributed by atoms with Gasteiger partial charge in [0.25, 0.3) is 0 Å². The second-order valence-corrected chi connectivity index (χ2v) is 5.05. The summed E-state index contributed by atoms with van der Waals surface area (Å²) in [6, 6.07) is 3.12. The highest BCUT2D eigenvalue weighted by Crippen LogP contribution is 2.21. The van der Waals surface area contributed by atoms with E-state index in [9.17, 15) is 5.26 Å². The zero-order valence-corrected chi connectivity index (χ0v) is 10.9. The Hall–Kier alpha value is -0.590. The molecule has 0 radical (unpaired) electrons. The molecule has 1 fully saturated rings. The number of rotatable bonds is 6. The van der Waals surface area contributed by atoms with E-state index >= 15 is 0 Å². The third kappa shape index (κ3) is 3.47. The van der Waals surface area contributed by atoms with E-state index in [-0.39, 0.29) is 5.54 Å². The number of nitrogens with one attached hydrogen (secondary N) is 1. The molecule has 1 aliphatic heterocycles. The van der Waals surface area contributed by atoms with E-state index in [1.807, 2.05) is 6.92 Å². The third-order valence-corrected chi connectivity index (χ3v) is 3.50. The lowest BCUT2D eigenvalue weighted by molar-refractivity contribution is 0.201. The minimum absolute atomic E-state index is 0.381. The first-order chi connectivity index (χ1) is 7.65. The molecule has 16 heavy (non-hydrogen) atoms. The summed E-state index contributed by atoms with van der Waals surface area (Å²) in [6.07, 6.45) is 4.86. The van der Waals surface area contributed by atoms with Crippen molar-refractivity contribution < 1.29 is 0 Å². The second-order valence-electron chi connectivity index (χ2n) is 5.05. The molecule has 0 spiro atoms. The topological polar surface area (TPSA) is 39.1 Å². The molecule has 0 aromatic rings. The average molecular weight is 223 g/mol. The van der Waals surface area contributed by atoms with Gasteiger partial charge < -0.3 is 0 Å². The van der Waals surface area contributed by atoms with Gasteiger partial charge >= 0.3 is 0 Å². The lowest BCUT2D eigenvalue weighted by Crippen LogP contribution is -2.51. The van der Waals surface area contributed by atoms with Gasteiger partial charge in [0.1, 0.15) is 5.54 Å². The van der Waals surface area contributed by atoms with Crippen molar-refractivity contribution in [3.8, 4) is 6.07 Å². The van der Waals surface area contributed by atoms with Crippen LogP contribution >= 0.6 is 0 Å². The van der Waals surface area contributed by atoms with Gasteiger partial charge in [0.2, 0.25) is 0 Å². The summed E-state index contributed by atoms with van der Waals surface area (Å²) in [5.74, 6) is 0. The minimum Gasteiger partial charge on any atom is -0.299 e. The molecule has 0 aliphatic carbocycles. The van der Waals surface area contributed by atoms with Gasteiger partial charge in [0, 0.05) is 12.6 Å². The Morgan fingerprint density at radius 3 is 2.81 bits per heavy atom. The maximum absolute atomic E-state index is 9.29. The van der Waals surface area contributed by atoms with Crippen molar-refractivity contribution in [3.63, 3.8) is 0 Å². The molecule has 0 aromatic heterocycles.